The number of nitrogens with two attached hydrogens (primary N) is 1. The molecule has 4 nitrogen and oxygen atoms in total. The van der Waals surface area contributed by atoms with E-state index in [-0.39, 0.29) is 21.8 Å². The minimum absolute atomic E-state index is 0.0451. The first-order chi connectivity index (χ1) is 16.4. The molecule has 1 aliphatic carbocycles. The fourth-order valence-corrected chi connectivity index (χ4v) is 5.39. The number of nitrogens with one attached hydrogen (secondary N) is 1. The molecule has 0 radical (unpaired) electrons. The summed E-state index contributed by atoms with van der Waals surface area (Å²) < 4.78 is 27.0. The smallest absolute Gasteiger partial charge is 0.231 e. The molecule has 3 aromatic carbocycles. The summed E-state index contributed by atoms with van der Waals surface area (Å²) in [6, 6.07) is 11.6. The van der Waals surface area contributed by atoms with Gasteiger partial charge in [0.2, 0.25) is 5.91 Å². The number of anilines is 2. The van der Waals surface area contributed by atoms with Crippen molar-refractivity contribution in [2.75, 3.05) is 11.1 Å². The van der Waals surface area contributed by atoms with Crippen LogP contribution in [0.1, 0.15) is 27.4 Å². The van der Waals surface area contributed by atoms with Crippen LogP contribution in [0.25, 0.3) is 0 Å². The second-order valence-electron chi connectivity index (χ2n) is 8.02. The van der Waals surface area contributed by atoms with E-state index in [4.69, 9.17) is 52.1 Å². The lowest BCUT2D eigenvalue weighted by Gasteiger charge is -2.10. The second kappa shape index (κ2) is 9.87. The van der Waals surface area contributed by atoms with Crippen molar-refractivity contribution in [3.8, 4) is 0 Å². The molecule has 0 heterocycles. The summed E-state index contributed by atoms with van der Waals surface area (Å²) in [6.07, 6.45) is -0.407. The van der Waals surface area contributed by atoms with Crippen LogP contribution < -0.4 is 11.1 Å². The molecule has 182 valence electrons. The summed E-state index contributed by atoms with van der Waals surface area (Å²) in [5, 5.41) is 3.31. The van der Waals surface area contributed by atoms with Gasteiger partial charge in [0.25, 0.3) is 0 Å². The number of ketones is 1. The van der Waals surface area contributed by atoms with Crippen LogP contribution in [-0.2, 0) is 11.2 Å². The van der Waals surface area contributed by atoms with Crippen LogP contribution in [-0.4, -0.2) is 16.0 Å². The van der Waals surface area contributed by atoms with Crippen LogP contribution in [0, 0.1) is 17.6 Å². The number of halogens is 7. The molecule has 0 aliphatic heterocycles. The Morgan fingerprint density at radius 3 is 2.40 bits per heavy atom. The number of Topliss-reactive ketones (excluding diaryl/α,β-unsaturated/α-hetero) is 1. The molecule has 35 heavy (non-hydrogen) atoms. The normalized spacial score (nSPS) is 18.3. The van der Waals surface area contributed by atoms with Crippen molar-refractivity contribution in [3.63, 3.8) is 0 Å². The average molecular weight is 623 g/mol. The Balaban J connectivity index is 1.52. The molecular formula is C24H15BrCl4F2N2O2. The number of carbonyl (C=O) groups excluding carboxylic acids is 2. The third-order valence-corrected chi connectivity index (χ3v) is 8.21. The van der Waals surface area contributed by atoms with E-state index in [0.717, 1.165) is 17.7 Å². The number of rotatable bonds is 6. The fraction of sp³-hybridized carbons (Fsp3) is 0.167. The first-order valence-electron chi connectivity index (χ1n) is 10.1. The molecule has 0 bridgehead atoms. The SMILES string of the molecule is Nc1c(F)ccc(CC(=O)c2cc(NC(=O)C3C(c4ccc(Cl)c(Br)c4)C3(Cl)Cl)ccc2Cl)c1F. The van der Waals surface area contributed by atoms with Gasteiger partial charge in [0.05, 0.1) is 16.0 Å². The van der Waals surface area contributed by atoms with Gasteiger partial charge in [-0.3, -0.25) is 9.59 Å². The quantitative estimate of drug-likeness (QED) is 0.169. The van der Waals surface area contributed by atoms with E-state index >= 15 is 0 Å². The van der Waals surface area contributed by atoms with Crippen molar-refractivity contribution in [1.29, 1.82) is 0 Å². The highest BCUT2D eigenvalue weighted by atomic mass is 79.9. The molecule has 2 unspecified atom stereocenters. The van der Waals surface area contributed by atoms with E-state index in [1.807, 2.05) is 0 Å². The van der Waals surface area contributed by atoms with Crippen molar-refractivity contribution in [2.24, 2.45) is 5.92 Å². The number of benzene rings is 3. The van der Waals surface area contributed by atoms with Crippen LogP contribution in [0.2, 0.25) is 10.0 Å². The van der Waals surface area contributed by atoms with Crippen LogP contribution in [0.4, 0.5) is 20.2 Å². The van der Waals surface area contributed by atoms with Crippen molar-refractivity contribution in [3.05, 3.63) is 91.4 Å². The Bertz CT molecular complexity index is 1370. The number of hydrogen-bond acceptors (Lipinski definition) is 3. The summed E-state index contributed by atoms with van der Waals surface area (Å²) in [7, 11) is 0. The highest BCUT2D eigenvalue weighted by Gasteiger charge is 2.67. The molecule has 2 atom stereocenters. The summed E-state index contributed by atoms with van der Waals surface area (Å²) in [6.45, 7) is 0. The predicted octanol–water partition coefficient (Wildman–Crippen LogP) is 7.57. The molecular weight excluding hydrogens is 608 g/mol. The maximum absolute atomic E-state index is 14.2. The largest absolute Gasteiger partial charge is 0.394 e. The Labute approximate surface area is 227 Å². The summed E-state index contributed by atoms with van der Waals surface area (Å²) in [5.41, 5.74) is 5.67. The van der Waals surface area contributed by atoms with Crippen LogP contribution in [0.15, 0.2) is 53.0 Å². The van der Waals surface area contributed by atoms with Gasteiger partial charge in [0.15, 0.2) is 11.6 Å². The number of alkyl halides is 2. The first kappa shape index (κ1) is 26.2. The number of nitrogen functional groups attached to an aromatic ring is 1. The molecule has 3 N–H and O–H groups in total. The van der Waals surface area contributed by atoms with Crippen molar-refractivity contribution in [1.82, 2.24) is 0 Å². The zero-order valence-electron chi connectivity index (χ0n) is 17.5. The van der Waals surface area contributed by atoms with Crippen molar-refractivity contribution in [2.45, 2.75) is 16.7 Å². The third kappa shape index (κ3) is 5.16. The molecule has 1 fully saturated rings. The lowest BCUT2D eigenvalue weighted by Crippen LogP contribution is -2.17. The van der Waals surface area contributed by atoms with Gasteiger partial charge in [-0.2, -0.15) is 0 Å². The molecule has 0 saturated heterocycles. The first-order valence-corrected chi connectivity index (χ1v) is 12.4. The van der Waals surface area contributed by atoms with Gasteiger partial charge in [-0.05, 0) is 63.5 Å². The summed E-state index contributed by atoms with van der Waals surface area (Å²) in [5.74, 6) is -4.15. The monoisotopic (exact) mass is 620 g/mol. The van der Waals surface area contributed by atoms with Gasteiger partial charge in [0, 0.05) is 28.1 Å². The highest BCUT2D eigenvalue weighted by molar-refractivity contribution is 9.10. The molecule has 1 amide bonds. The van der Waals surface area contributed by atoms with Gasteiger partial charge in [-0.15, -0.1) is 23.2 Å². The fourth-order valence-electron chi connectivity index (χ4n) is 3.83. The molecule has 1 aliphatic rings. The van der Waals surface area contributed by atoms with E-state index < -0.39 is 51.6 Å². The highest BCUT2D eigenvalue weighted by Crippen LogP contribution is 2.65. The van der Waals surface area contributed by atoms with Gasteiger partial charge in [0.1, 0.15) is 15.8 Å². The van der Waals surface area contributed by atoms with E-state index in [1.165, 1.54) is 18.2 Å². The molecule has 4 rings (SSSR count). The summed E-state index contributed by atoms with van der Waals surface area (Å²) in [4.78, 5) is 25.8. The van der Waals surface area contributed by atoms with E-state index in [2.05, 4.69) is 21.2 Å². The second-order valence-corrected chi connectivity index (χ2v) is 11.1. The minimum atomic E-state index is -1.33. The predicted molar refractivity (Wildman–Crippen MR) is 139 cm³/mol. The van der Waals surface area contributed by atoms with Crippen molar-refractivity contribution >= 4 is 85.4 Å². The van der Waals surface area contributed by atoms with Crippen LogP contribution >= 0.6 is 62.3 Å². The zero-order valence-corrected chi connectivity index (χ0v) is 22.1. The van der Waals surface area contributed by atoms with Gasteiger partial charge in [-0.1, -0.05) is 35.3 Å². The van der Waals surface area contributed by atoms with E-state index in [9.17, 15) is 18.4 Å². The topological polar surface area (TPSA) is 72.2 Å². The Kier molecular flexibility index (Phi) is 7.38. The van der Waals surface area contributed by atoms with E-state index in [1.54, 1.807) is 18.2 Å². The standard InChI is InChI=1S/C24H15BrCl4F2N2O2/c25-14-7-10(1-4-16(14)27)19-20(24(19,28)29)23(35)33-12-3-5-15(26)13(9-12)18(34)8-11-2-6-17(30)22(32)21(11)31/h1-7,9,19-20H,8,32H2,(H,33,35). The minimum Gasteiger partial charge on any atom is -0.394 e. The number of hydrogen-bond donors (Lipinski definition) is 2. The number of amides is 1. The van der Waals surface area contributed by atoms with Gasteiger partial charge >= 0.3 is 0 Å². The van der Waals surface area contributed by atoms with E-state index in [0.29, 0.717) is 9.50 Å². The zero-order chi connectivity index (χ0) is 25.7. The van der Waals surface area contributed by atoms with Crippen LogP contribution in [0.5, 0.6) is 0 Å². The molecule has 11 heteroatoms. The molecule has 1 saturated carbocycles. The lowest BCUT2D eigenvalue weighted by molar-refractivity contribution is -0.117. The van der Waals surface area contributed by atoms with Gasteiger partial charge in [-0.25, -0.2) is 8.78 Å². The lowest BCUT2D eigenvalue weighted by atomic mass is 10.0. The Morgan fingerprint density at radius 1 is 1.03 bits per heavy atom. The van der Waals surface area contributed by atoms with Gasteiger partial charge < -0.3 is 11.1 Å². The molecule has 0 aromatic heterocycles. The number of carbonyl (C=O) groups is 2. The molecule has 0 spiro atoms. The maximum Gasteiger partial charge on any atom is 0.231 e. The average Bonchev–Trinajstić information content (AvgIpc) is 3.39. The third-order valence-electron chi connectivity index (χ3n) is 5.73. The Morgan fingerprint density at radius 2 is 1.71 bits per heavy atom. The summed E-state index contributed by atoms with van der Waals surface area (Å²) >= 11 is 28.4. The Hall–Kier alpha value is -1.90. The maximum atomic E-state index is 14.2. The van der Waals surface area contributed by atoms with Crippen molar-refractivity contribution < 1.29 is 18.4 Å². The van der Waals surface area contributed by atoms with Crippen LogP contribution in [0.3, 0.4) is 0 Å². The molecule has 3 aromatic rings.